The minimum absolute atomic E-state index is 0.0323. The van der Waals surface area contributed by atoms with Crippen LogP contribution in [-0.2, 0) is 32.7 Å². The van der Waals surface area contributed by atoms with Gasteiger partial charge in [-0.25, -0.2) is 0 Å². The quantitative estimate of drug-likeness (QED) is 0.0195. The van der Waals surface area contributed by atoms with E-state index in [0.717, 1.165) is 89.9 Å². The third kappa shape index (κ3) is 51.1. The molecule has 9 nitrogen and oxygen atoms in total. The molecule has 0 heterocycles. The number of allylic oxidation sites excluding steroid dienone is 10. The van der Waals surface area contributed by atoms with Crippen LogP contribution in [0.4, 0.5) is 0 Å². The van der Waals surface area contributed by atoms with E-state index in [2.05, 4.69) is 74.6 Å². The van der Waals surface area contributed by atoms with Crippen molar-refractivity contribution < 1.29 is 42.1 Å². The number of carbonyl (C=O) groups is 2. The summed E-state index contributed by atoms with van der Waals surface area (Å²) in [7, 11) is 1.16. The minimum atomic E-state index is -4.63. The summed E-state index contributed by atoms with van der Waals surface area (Å²) in [6.07, 6.45) is 59.9. The largest absolute Gasteiger partial charge is 0.756 e. The van der Waals surface area contributed by atoms with Crippen LogP contribution in [-0.4, -0.2) is 70.0 Å². The zero-order chi connectivity index (χ0) is 48.5. The molecule has 66 heavy (non-hydrogen) atoms. The smallest absolute Gasteiger partial charge is 0.306 e. The van der Waals surface area contributed by atoms with E-state index in [1.165, 1.54) is 109 Å². The molecule has 0 aromatic heterocycles. The van der Waals surface area contributed by atoms with Crippen LogP contribution in [0.1, 0.15) is 232 Å². The van der Waals surface area contributed by atoms with Gasteiger partial charge in [-0.05, 0) is 70.6 Å². The number of phosphoric acid groups is 1. The third-order valence-electron chi connectivity index (χ3n) is 11.5. The lowest BCUT2D eigenvalue weighted by molar-refractivity contribution is -0.870. The fourth-order valence-corrected chi connectivity index (χ4v) is 8.06. The summed E-state index contributed by atoms with van der Waals surface area (Å²) in [6, 6.07) is 0. The molecule has 384 valence electrons. The summed E-state index contributed by atoms with van der Waals surface area (Å²) in [4.78, 5) is 37.6. The summed E-state index contributed by atoms with van der Waals surface area (Å²) in [5.74, 6) is -0.841. The van der Waals surface area contributed by atoms with Crippen molar-refractivity contribution in [3.63, 3.8) is 0 Å². The second-order valence-corrected chi connectivity index (χ2v) is 20.6. The minimum Gasteiger partial charge on any atom is -0.756 e. The van der Waals surface area contributed by atoms with E-state index in [4.69, 9.17) is 18.5 Å². The molecule has 0 N–H and O–H groups in total. The SMILES string of the molecule is CC/C=C\C/C=C\C/C=C\C/C=C\CCCCCCCCCCCCCCCCCCCCC(=O)OC(COC(=O)CCCCCCC/C=C\CCCC)COP(=O)([O-])OCC[N+](C)(C)C. The molecule has 0 aliphatic carbocycles. The van der Waals surface area contributed by atoms with Crippen LogP contribution in [0.25, 0.3) is 0 Å². The van der Waals surface area contributed by atoms with Crippen molar-refractivity contribution in [2.75, 3.05) is 47.5 Å². The number of nitrogens with zero attached hydrogens (tertiary/aromatic N) is 1. The van der Waals surface area contributed by atoms with Gasteiger partial charge in [-0.1, -0.05) is 209 Å². The van der Waals surface area contributed by atoms with Crippen LogP contribution in [0, 0.1) is 0 Å². The van der Waals surface area contributed by atoms with Crippen LogP contribution in [0.5, 0.6) is 0 Å². The Kier molecular flexibility index (Phi) is 46.1. The van der Waals surface area contributed by atoms with E-state index in [-0.39, 0.29) is 26.1 Å². The molecule has 0 bridgehead atoms. The fourth-order valence-electron chi connectivity index (χ4n) is 7.33. The maximum Gasteiger partial charge on any atom is 0.306 e. The molecule has 0 amide bonds. The van der Waals surface area contributed by atoms with E-state index in [9.17, 15) is 19.0 Å². The number of likely N-dealkylation sites (N-methyl/N-ethyl adjacent to an activating group) is 1. The van der Waals surface area contributed by atoms with Gasteiger partial charge in [0.2, 0.25) is 0 Å². The van der Waals surface area contributed by atoms with Gasteiger partial charge in [0, 0.05) is 12.8 Å². The Morgan fingerprint density at radius 1 is 0.485 bits per heavy atom. The van der Waals surface area contributed by atoms with Crippen LogP contribution in [0.15, 0.2) is 60.8 Å². The van der Waals surface area contributed by atoms with Gasteiger partial charge >= 0.3 is 11.9 Å². The monoisotopic (exact) mass is 948 g/mol. The van der Waals surface area contributed by atoms with Crippen LogP contribution >= 0.6 is 7.82 Å². The molecule has 0 aliphatic heterocycles. The Labute approximate surface area is 406 Å². The number of carbonyl (C=O) groups excluding carboxylic acids is 2. The van der Waals surface area contributed by atoms with Gasteiger partial charge in [-0.15, -0.1) is 0 Å². The molecule has 0 saturated heterocycles. The molecule has 0 fully saturated rings. The van der Waals surface area contributed by atoms with Crippen molar-refractivity contribution in [3.05, 3.63) is 60.8 Å². The first-order valence-corrected chi connectivity index (χ1v) is 28.5. The summed E-state index contributed by atoms with van der Waals surface area (Å²) in [5.41, 5.74) is 0. The van der Waals surface area contributed by atoms with E-state index in [1.807, 2.05) is 21.1 Å². The van der Waals surface area contributed by atoms with Crippen molar-refractivity contribution in [2.45, 2.75) is 238 Å². The summed E-state index contributed by atoms with van der Waals surface area (Å²) in [5, 5.41) is 0. The highest BCUT2D eigenvalue weighted by Crippen LogP contribution is 2.38. The molecule has 0 rings (SSSR count). The molecular weight excluding hydrogens is 846 g/mol. The zero-order valence-electron chi connectivity index (χ0n) is 43.4. The lowest BCUT2D eigenvalue weighted by atomic mass is 10.0. The van der Waals surface area contributed by atoms with Crippen molar-refractivity contribution in [1.82, 2.24) is 0 Å². The Balaban J connectivity index is 4.03. The van der Waals surface area contributed by atoms with Crippen molar-refractivity contribution in [1.29, 1.82) is 0 Å². The van der Waals surface area contributed by atoms with E-state index >= 15 is 0 Å². The standard InChI is InChI=1S/C56H102NO8P/c1-6-8-10-12-14-16-18-19-20-21-22-23-24-25-26-27-28-29-30-31-32-33-34-35-36-37-39-41-43-45-47-49-56(59)65-54(53-64-66(60,61)63-51-50-57(3,4)5)52-62-55(58)48-46-44-42-40-38-17-15-13-11-9-7-2/h8,10,13-16,19-20,22-23,54H,6-7,9,11-12,17-18,21,24-53H2,1-5H3/b10-8-,15-13-,16-14-,20-19-,23-22-. The molecule has 2 unspecified atom stereocenters. The molecular formula is C56H102NO8P. The molecule has 2 atom stereocenters. The van der Waals surface area contributed by atoms with Gasteiger partial charge in [0.15, 0.2) is 6.10 Å². The van der Waals surface area contributed by atoms with Gasteiger partial charge in [0.05, 0.1) is 27.7 Å². The molecule has 0 aliphatic rings. The van der Waals surface area contributed by atoms with Gasteiger partial charge < -0.3 is 27.9 Å². The Morgan fingerprint density at radius 2 is 0.864 bits per heavy atom. The molecule has 0 saturated carbocycles. The van der Waals surface area contributed by atoms with Crippen molar-refractivity contribution >= 4 is 19.8 Å². The average Bonchev–Trinajstić information content (AvgIpc) is 3.27. The lowest BCUT2D eigenvalue weighted by Crippen LogP contribution is -2.37. The predicted octanol–water partition coefficient (Wildman–Crippen LogP) is 15.7. The van der Waals surface area contributed by atoms with Gasteiger partial charge in [-0.2, -0.15) is 0 Å². The molecule has 0 aromatic carbocycles. The zero-order valence-corrected chi connectivity index (χ0v) is 44.3. The molecule has 0 spiro atoms. The number of unbranched alkanes of at least 4 members (excludes halogenated alkanes) is 25. The fraction of sp³-hybridized carbons (Fsp3) is 0.786. The molecule has 10 heteroatoms. The van der Waals surface area contributed by atoms with E-state index < -0.39 is 32.5 Å². The highest BCUT2D eigenvalue weighted by molar-refractivity contribution is 7.45. The number of hydrogen-bond donors (Lipinski definition) is 0. The maximum atomic E-state index is 12.7. The highest BCUT2D eigenvalue weighted by Gasteiger charge is 2.21. The second-order valence-electron chi connectivity index (χ2n) is 19.2. The van der Waals surface area contributed by atoms with Gasteiger partial charge in [0.1, 0.15) is 19.8 Å². The molecule has 0 aromatic rings. The van der Waals surface area contributed by atoms with Gasteiger partial charge in [-0.3, -0.25) is 14.2 Å². The first-order chi connectivity index (χ1) is 32.0. The number of esters is 2. The number of rotatable bonds is 49. The predicted molar refractivity (Wildman–Crippen MR) is 277 cm³/mol. The second kappa shape index (κ2) is 47.8. The number of ether oxygens (including phenoxy) is 2. The first-order valence-electron chi connectivity index (χ1n) is 27.0. The molecule has 0 radical (unpaired) electrons. The van der Waals surface area contributed by atoms with E-state index in [0.29, 0.717) is 17.4 Å². The number of hydrogen-bond acceptors (Lipinski definition) is 8. The number of quaternary nitrogens is 1. The third-order valence-corrected chi connectivity index (χ3v) is 12.5. The Hall–Kier alpha value is -2.29. The summed E-state index contributed by atoms with van der Waals surface area (Å²) in [6.45, 7) is 4.08. The Morgan fingerprint density at radius 3 is 1.30 bits per heavy atom. The maximum absolute atomic E-state index is 12.7. The van der Waals surface area contributed by atoms with Crippen molar-refractivity contribution in [3.8, 4) is 0 Å². The van der Waals surface area contributed by atoms with Crippen molar-refractivity contribution in [2.24, 2.45) is 0 Å². The van der Waals surface area contributed by atoms with Crippen LogP contribution < -0.4 is 4.89 Å². The average molecular weight is 948 g/mol. The topological polar surface area (TPSA) is 111 Å². The van der Waals surface area contributed by atoms with E-state index in [1.54, 1.807) is 0 Å². The first kappa shape index (κ1) is 63.7. The number of phosphoric ester groups is 1. The van der Waals surface area contributed by atoms with Crippen LogP contribution in [0.3, 0.4) is 0 Å². The summed E-state index contributed by atoms with van der Waals surface area (Å²) < 4.78 is 34.0. The Bertz CT molecular complexity index is 1300. The summed E-state index contributed by atoms with van der Waals surface area (Å²) >= 11 is 0. The van der Waals surface area contributed by atoms with Gasteiger partial charge in [0.25, 0.3) is 7.82 Å². The van der Waals surface area contributed by atoms with Crippen LogP contribution in [0.2, 0.25) is 0 Å². The normalized spacial score (nSPS) is 13.8. The highest BCUT2D eigenvalue weighted by atomic mass is 31.2. The lowest BCUT2D eigenvalue weighted by Gasteiger charge is -2.28.